The molecule has 0 saturated carbocycles. The SMILES string of the molecule is C=CCN1CCN(C(=O)CSc2ccccc2)CC1. The van der Waals surface area contributed by atoms with E-state index in [0.717, 1.165) is 37.6 Å². The molecule has 1 saturated heterocycles. The van der Waals surface area contributed by atoms with Gasteiger partial charge < -0.3 is 4.90 Å². The predicted molar refractivity (Wildman–Crippen MR) is 80.4 cm³/mol. The molecule has 1 amide bonds. The van der Waals surface area contributed by atoms with Crippen molar-refractivity contribution in [3.63, 3.8) is 0 Å². The Labute approximate surface area is 119 Å². The molecule has 3 nitrogen and oxygen atoms in total. The zero-order chi connectivity index (χ0) is 13.5. The summed E-state index contributed by atoms with van der Waals surface area (Å²) in [7, 11) is 0. The van der Waals surface area contributed by atoms with E-state index >= 15 is 0 Å². The van der Waals surface area contributed by atoms with Crippen LogP contribution in [0.25, 0.3) is 0 Å². The summed E-state index contributed by atoms with van der Waals surface area (Å²) in [6.07, 6.45) is 1.92. The summed E-state index contributed by atoms with van der Waals surface area (Å²) in [6.45, 7) is 8.24. The van der Waals surface area contributed by atoms with Crippen molar-refractivity contribution >= 4 is 17.7 Å². The van der Waals surface area contributed by atoms with Gasteiger partial charge in [0.25, 0.3) is 0 Å². The van der Waals surface area contributed by atoms with Crippen LogP contribution in [-0.4, -0.2) is 54.2 Å². The molecule has 0 unspecified atom stereocenters. The molecule has 1 aromatic carbocycles. The van der Waals surface area contributed by atoms with Crippen molar-refractivity contribution in [1.82, 2.24) is 9.80 Å². The number of amides is 1. The van der Waals surface area contributed by atoms with Gasteiger partial charge in [-0.15, -0.1) is 18.3 Å². The molecule has 0 atom stereocenters. The molecule has 4 heteroatoms. The zero-order valence-corrected chi connectivity index (χ0v) is 11.9. The van der Waals surface area contributed by atoms with Crippen LogP contribution in [0, 0.1) is 0 Å². The van der Waals surface area contributed by atoms with Gasteiger partial charge in [0.2, 0.25) is 5.91 Å². The molecule has 102 valence electrons. The van der Waals surface area contributed by atoms with Crippen LogP contribution in [0.5, 0.6) is 0 Å². The van der Waals surface area contributed by atoms with Gasteiger partial charge in [0.1, 0.15) is 0 Å². The van der Waals surface area contributed by atoms with Crippen molar-refractivity contribution < 1.29 is 4.79 Å². The Morgan fingerprint density at radius 2 is 1.89 bits per heavy atom. The molecule has 2 rings (SSSR count). The number of carbonyl (C=O) groups is 1. The minimum Gasteiger partial charge on any atom is -0.339 e. The maximum Gasteiger partial charge on any atom is 0.233 e. The summed E-state index contributed by atoms with van der Waals surface area (Å²) >= 11 is 1.61. The van der Waals surface area contributed by atoms with Crippen molar-refractivity contribution in [3.8, 4) is 0 Å². The van der Waals surface area contributed by atoms with Gasteiger partial charge in [0, 0.05) is 37.6 Å². The van der Waals surface area contributed by atoms with Crippen LogP contribution in [0.15, 0.2) is 47.9 Å². The lowest BCUT2D eigenvalue weighted by molar-refractivity contribution is -0.129. The fourth-order valence-electron chi connectivity index (χ4n) is 2.12. The van der Waals surface area contributed by atoms with Crippen LogP contribution in [0.1, 0.15) is 0 Å². The van der Waals surface area contributed by atoms with Crippen LogP contribution in [0.3, 0.4) is 0 Å². The maximum absolute atomic E-state index is 12.1. The highest BCUT2D eigenvalue weighted by atomic mass is 32.2. The van der Waals surface area contributed by atoms with E-state index in [1.165, 1.54) is 0 Å². The Hall–Kier alpha value is -1.26. The van der Waals surface area contributed by atoms with Gasteiger partial charge in [-0.25, -0.2) is 0 Å². The van der Waals surface area contributed by atoms with Gasteiger partial charge in [-0.1, -0.05) is 24.3 Å². The number of hydrogen-bond donors (Lipinski definition) is 0. The molecule has 0 N–H and O–H groups in total. The third kappa shape index (κ3) is 4.40. The summed E-state index contributed by atoms with van der Waals surface area (Å²) in [6, 6.07) is 10.1. The van der Waals surface area contributed by atoms with Crippen LogP contribution < -0.4 is 0 Å². The molecular formula is C15H20N2OS. The molecule has 0 aromatic heterocycles. The second-order valence-electron chi connectivity index (χ2n) is 4.57. The third-order valence-corrected chi connectivity index (χ3v) is 4.21. The van der Waals surface area contributed by atoms with Crippen molar-refractivity contribution in [3.05, 3.63) is 43.0 Å². The highest BCUT2D eigenvalue weighted by Gasteiger charge is 2.20. The largest absolute Gasteiger partial charge is 0.339 e. The van der Waals surface area contributed by atoms with Gasteiger partial charge in [-0.3, -0.25) is 9.69 Å². The van der Waals surface area contributed by atoms with Crippen LogP contribution in [0.4, 0.5) is 0 Å². The molecule has 0 spiro atoms. The number of benzene rings is 1. The molecule has 1 aliphatic rings. The molecule has 0 radical (unpaired) electrons. The monoisotopic (exact) mass is 276 g/mol. The van der Waals surface area contributed by atoms with E-state index in [4.69, 9.17) is 0 Å². The standard InChI is InChI=1S/C15H20N2OS/c1-2-8-16-9-11-17(12-10-16)15(18)13-19-14-6-4-3-5-7-14/h2-7H,1,8-13H2. The van der Waals surface area contributed by atoms with Crippen molar-refractivity contribution in [2.75, 3.05) is 38.5 Å². The Balaban J connectivity index is 1.74. The average Bonchev–Trinajstić information content (AvgIpc) is 2.47. The van der Waals surface area contributed by atoms with Gasteiger partial charge in [-0.2, -0.15) is 0 Å². The molecule has 19 heavy (non-hydrogen) atoms. The minimum absolute atomic E-state index is 0.243. The third-order valence-electron chi connectivity index (χ3n) is 3.22. The van der Waals surface area contributed by atoms with E-state index in [9.17, 15) is 4.79 Å². The lowest BCUT2D eigenvalue weighted by atomic mass is 10.3. The van der Waals surface area contributed by atoms with Gasteiger partial charge in [-0.05, 0) is 12.1 Å². The zero-order valence-electron chi connectivity index (χ0n) is 11.1. The van der Waals surface area contributed by atoms with E-state index in [2.05, 4.69) is 11.5 Å². The second kappa shape index (κ2) is 7.36. The van der Waals surface area contributed by atoms with Crippen LogP contribution in [-0.2, 0) is 4.79 Å². The highest BCUT2D eigenvalue weighted by Crippen LogP contribution is 2.17. The van der Waals surface area contributed by atoms with Gasteiger partial charge in [0.15, 0.2) is 0 Å². The molecule has 0 bridgehead atoms. The first-order chi connectivity index (χ1) is 9.29. The lowest BCUT2D eigenvalue weighted by Crippen LogP contribution is -2.49. The predicted octanol–water partition coefficient (Wildman–Crippen LogP) is 2.11. The highest BCUT2D eigenvalue weighted by molar-refractivity contribution is 8.00. The summed E-state index contributed by atoms with van der Waals surface area (Å²) in [5.41, 5.74) is 0. The van der Waals surface area contributed by atoms with Gasteiger partial charge >= 0.3 is 0 Å². The van der Waals surface area contributed by atoms with Crippen molar-refractivity contribution in [1.29, 1.82) is 0 Å². The molecular weight excluding hydrogens is 256 g/mol. The fraction of sp³-hybridized carbons (Fsp3) is 0.400. The lowest BCUT2D eigenvalue weighted by Gasteiger charge is -2.34. The normalized spacial score (nSPS) is 16.3. The number of piperazine rings is 1. The molecule has 1 heterocycles. The van der Waals surface area contributed by atoms with Crippen LogP contribution in [0.2, 0.25) is 0 Å². The second-order valence-corrected chi connectivity index (χ2v) is 5.62. The number of carbonyl (C=O) groups excluding carboxylic acids is 1. The van der Waals surface area contributed by atoms with Crippen LogP contribution >= 0.6 is 11.8 Å². The van der Waals surface area contributed by atoms with E-state index in [1.807, 2.05) is 41.3 Å². The molecule has 1 aromatic rings. The number of hydrogen-bond acceptors (Lipinski definition) is 3. The molecule has 1 aliphatic heterocycles. The number of nitrogens with zero attached hydrogens (tertiary/aromatic N) is 2. The summed E-state index contributed by atoms with van der Waals surface area (Å²) in [5.74, 6) is 0.776. The first-order valence-corrected chi connectivity index (χ1v) is 7.57. The van der Waals surface area contributed by atoms with E-state index in [-0.39, 0.29) is 5.91 Å². The van der Waals surface area contributed by atoms with E-state index in [0.29, 0.717) is 5.75 Å². The van der Waals surface area contributed by atoms with Crippen molar-refractivity contribution in [2.45, 2.75) is 4.90 Å². The smallest absolute Gasteiger partial charge is 0.233 e. The number of thioether (sulfide) groups is 1. The molecule has 1 fully saturated rings. The quantitative estimate of drug-likeness (QED) is 0.608. The molecule has 0 aliphatic carbocycles. The fourth-order valence-corrected chi connectivity index (χ4v) is 2.94. The van der Waals surface area contributed by atoms with Crippen molar-refractivity contribution in [2.24, 2.45) is 0 Å². The Kier molecular flexibility index (Phi) is 5.48. The topological polar surface area (TPSA) is 23.6 Å². The van der Waals surface area contributed by atoms with E-state index < -0.39 is 0 Å². The maximum atomic E-state index is 12.1. The first-order valence-electron chi connectivity index (χ1n) is 6.58. The first kappa shape index (κ1) is 14.2. The average molecular weight is 276 g/mol. The summed E-state index contributed by atoms with van der Waals surface area (Å²) in [4.78, 5) is 17.5. The Bertz CT molecular complexity index is 413. The number of rotatable bonds is 5. The minimum atomic E-state index is 0.243. The van der Waals surface area contributed by atoms with Gasteiger partial charge in [0.05, 0.1) is 5.75 Å². The van der Waals surface area contributed by atoms with E-state index in [1.54, 1.807) is 11.8 Å². The summed E-state index contributed by atoms with van der Waals surface area (Å²) in [5, 5.41) is 0. The Morgan fingerprint density at radius 1 is 1.21 bits per heavy atom. The summed E-state index contributed by atoms with van der Waals surface area (Å²) < 4.78 is 0. The Morgan fingerprint density at radius 3 is 2.53 bits per heavy atom.